The van der Waals surface area contributed by atoms with Gasteiger partial charge in [-0.3, -0.25) is 0 Å². The van der Waals surface area contributed by atoms with Crippen LogP contribution >= 0.6 is 0 Å². The summed E-state index contributed by atoms with van der Waals surface area (Å²) in [4.78, 5) is 8.32. The molecular formula is C13H15N3O2. The first kappa shape index (κ1) is 12.2. The number of rotatable bonds is 4. The van der Waals surface area contributed by atoms with E-state index in [1.165, 1.54) is 6.33 Å². The van der Waals surface area contributed by atoms with Gasteiger partial charge in [0.25, 0.3) is 0 Å². The summed E-state index contributed by atoms with van der Waals surface area (Å²) in [5.41, 5.74) is 1.78. The highest BCUT2D eigenvalue weighted by molar-refractivity contribution is 5.65. The first-order valence-corrected chi connectivity index (χ1v) is 5.50. The molecule has 0 radical (unpaired) electrons. The van der Waals surface area contributed by atoms with Gasteiger partial charge in [-0.1, -0.05) is 0 Å². The lowest BCUT2D eigenvalue weighted by molar-refractivity contribution is 0.355. The Morgan fingerprint density at radius 2 is 1.78 bits per heavy atom. The summed E-state index contributed by atoms with van der Waals surface area (Å²) < 4.78 is 10.5. The Morgan fingerprint density at radius 3 is 2.44 bits per heavy atom. The van der Waals surface area contributed by atoms with E-state index in [1.54, 1.807) is 14.2 Å². The molecule has 18 heavy (non-hydrogen) atoms. The molecule has 0 amide bonds. The summed E-state index contributed by atoms with van der Waals surface area (Å²) >= 11 is 0. The number of benzene rings is 1. The fourth-order valence-corrected chi connectivity index (χ4v) is 1.65. The molecule has 94 valence electrons. The van der Waals surface area contributed by atoms with Crippen molar-refractivity contribution >= 4 is 5.82 Å². The molecule has 1 aromatic heterocycles. The molecule has 0 bridgehead atoms. The third-order valence-electron chi connectivity index (χ3n) is 2.60. The normalized spacial score (nSPS) is 9.94. The summed E-state index contributed by atoms with van der Waals surface area (Å²) in [6.45, 7) is 0. The fourth-order valence-electron chi connectivity index (χ4n) is 1.65. The number of nitrogens with zero attached hydrogens (tertiary/aromatic N) is 2. The molecule has 2 rings (SSSR count). The van der Waals surface area contributed by atoms with Gasteiger partial charge in [-0.05, 0) is 18.2 Å². The Bertz CT molecular complexity index is 544. The molecule has 1 aromatic carbocycles. The number of nitrogens with one attached hydrogen (secondary N) is 1. The van der Waals surface area contributed by atoms with E-state index in [4.69, 9.17) is 9.47 Å². The Labute approximate surface area is 106 Å². The summed E-state index contributed by atoms with van der Waals surface area (Å²) in [6.07, 6.45) is 1.53. The topological polar surface area (TPSA) is 56.3 Å². The van der Waals surface area contributed by atoms with Crippen LogP contribution in [0, 0.1) is 0 Å². The van der Waals surface area contributed by atoms with E-state index in [1.807, 2.05) is 31.3 Å². The Balaban J connectivity index is 2.43. The van der Waals surface area contributed by atoms with Crippen LogP contribution < -0.4 is 14.8 Å². The molecule has 1 N–H and O–H groups in total. The number of hydrogen-bond donors (Lipinski definition) is 1. The lowest BCUT2D eigenvalue weighted by atomic mass is 10.1. The second kappa shape index (κ2) is 5.35. The van der Waals surface area contributed by atoms with E-state index in [-0.39, 0.29) is 0 Å². The monoisotopic (exact) mass is 245 g/mol. The predicted octanol–water partition coefficient (Wildman–Crippen LogP) is 2.20. The van der Waals surface area contributed by atoms with E-state index in [0.29, 0.717) is 11.5 Å². The van der Waals surface area contributed by atoms with E-state index >= 15 is 0 Å². The Morgan fingerprint density at radius 1 is 1.00 bits per heavy atom. The predicted molar refractivity (Wildman–Crippen MR) is 70.1 cm³/mol. The molecule has 0 atom stereocenters. The smallest absolute Gasteiger partial charge is 0.161 e. The van der Waals surface area contributed by atoms with Crippen LogP contribution in [-0.2, 0) is 0 Å². The van der Waals surface area contributed by atoms with Gasteiger partial charge >= 0.3 is 0 Å². The van der Waals surface area contributed by atoms with Gasteiger partial charge in [-0.15, -0.1) is 0 Å². The van der Waals surface area contributed by atoms with Crippen molar-refractivity contribution in [3.05, 3.63) is 30.6 Å². The van der Waals surface area contributed by atoms with E-state index in [2.05, 4.69) is 15.3 Å². The molecule has 0 aliphatic carbocycles. The first-order chi connectivity index (χ1) is 8.78. The van der Waals surface area contributed by atoms with Crippen LogP contribution in [0.4, 0.5) is 5.82 Å². The van der Waals surface area contributed by atoms with Gasteiger partial charge in [0.15, 0.2) is 11.5 Å². The Kier molecular flexibility index (Phi) is 3.62. The van der Waals surface area contributed by atoms with Crippen LogP contribution in [0.1, 0.15) is 0 Å². The molecule has 1 heterocycles. The second-order valence-corrected chi connectivity index (χ2v) is 3.61. The van der Waals surface area contributed by atoms with Gasteiger partial charge in [-0.2, -0.15) is 0 Å². The first-order valence-electron chi connectivity index (χ1n) is 5.50. The van der Waals surface area contributed by atoms with Crippen LogP contribution in [-0.4, -0.2) is 31.2 Å². The van der Waals surface area contributed by atoms with Crippen LogP contribution in [0.25, 0.3) is 11.3 Å². The van der Waals surface area contributed by atoms with Crippen LogP contribution in [0.15, 0.2) is 30.6 Å². The molecule has 0 fully saturated rings. The van der Waals surface area contributed by atoms with E-state index < -0.39 is 0 Å². The highest BCUT2D eigenvalue weighted by atomic mass is 16.5. The number of aromatic nitrogens is 2. The van der Waals surface area contributed by atoms with Gasteiger partial charge in [0.05, 0.1) is 19.9 Å². The van der Waals surface area contributed by atoms with Crippen molar-refractivity contribution in [2.75, 3.05) is 26.6 Å². The van der Waals surface area contributed by atoms with Crippen molar-refractivity contribution in [3.8, 4) is 22.8 Å². The maximum atomic E-state index is 5.27. The molecule has 5 heteroatoms. The standard InChI is InChI=1S/C13H15N3O2/c1-14-13-7-10(15-8-16-13)9-4-5-11(17-2)12(6-9)18-3/h4-8H,1-3H3,(H,14,15,16). The average molecular weight is 245 g/mol. The third-order valence-corrected chi connectivity index (χ3v) is 2.60. The molecule has 2 aromatic rings. The van der Waals surface area contributed by atoms with Gasteiger partial charge < -0.3 is 14.8 Å². The molecule has 5 nitrogen and oxygen atoms in total. The molecule has 0 spiro atoms. The zero-order valence-electron chi connectivity index (χ0n) is 10.6. The van der Waals surface area contributed by atoms with Gasteiger partial charge in [0.2, 0.25) is 0 Å². The quantitative estimate of drug-likeness (QED) is 0.895. The summed E-state index contributed by atoms with van der Waals surface area (Å²) in [5, 5.41) is 2.98. The fraction of sp³-hybridized carbons (Fsp3) is 0.231. The van der Waals surface area contributed by atoms with E-state index in [9.17, 15) is 0 Å². The molecule has 0 saturated carbocycles. The molecule has 0 aliphatic rings. The van der Waals surface area contributed by atoms with Crippen molar-refractivity contribution < 1.29 is 9.47 Å². The summed E-state index contributed by atoms with van der Waals surface area (Å²) in [5.74, 6) is 2.15. The average Bonchev–Trinajstić information content (AvgIpc) is 2.46. The van der Waals surface area contributed by atoms with Crippen molar-refractivity contribution in [1.82, 2.24) is 9.97 Å². The minimum atomic E-state index is 0.680. The largest absolute Gasteiger partial charge is 0.493 e. The zero-order chi connectivity index (χ0) is 13.0. The third kappa shape index (κ3) is 2.34. The van der Waals surface area contributed by atoms with Crippen LogP contribution in [0.3, 0.4) is 0 Å². The molecular weight excluding hydrogens is 230 g/mol. The van der Waals surface area contributed by atoms with Crippen molar-refractivity contribution in [2.24, 2.45) is 0 Å². The van der Waals surface area contributed by atoms with E-state index in [0.717, 1.165) is 17.1 Å². The molecule has 0 aliphatic heterocycles. The highest BCUT2D eigenvalue weighted by Crippen LogP contribution is 2.31. The second-order valence-electron chi connectivity index (χ2n) is 3.61. The molecule has 0 saturated heterocycles. The minimum absolute atomic E-state index is 0.680. The Hall–Kier alpha value is -2.30. The minimum Gasteiger partial charge on any atom is -0.493 e. The van der Waals surface area contributed by atoms with Gasteiger partial charge in [0, 0.05) is 18.7 Å². The number of methoxy groups -OCH3 is 2. The number of hydrogen-bond acceptors (Lipinski definition) is 5. The summed E-state index contributed by atoms with van der Waals surface area (Å²) in [6, 6.07) is 7.56. The number of anilines is 1. The lowest BCUT2D eigenvalue weighted by Gasteiger charge is -2.09. The number of ether oxygens (including phenoxy) is 2. The zero-order valence-corrected chi connectivity index (χ0v) is 10.6. The maximum Gasteiger partial charge on any atom is 0.161 e. The van der Waals surface area contributed by atoms with Crippen molar-refractivity contribution in [3.63, 3.8) is 0 Å². The lowest BCUT2D eigenvalue weighted by Crippen LogP contribution is -1.95. The van der Waals surface area contributed by atoms with Crippen molar-refractivity contribution in [2.45, 2.75) is 0 Å². The van der Waals surface area contributed by atoms with Crippen molar-refractivity contribution in [1.29, 1.82) is 0 Å². The molecule has 0 unspecified atom stereocenters. The van der Waals surface area contributed by atoms with Gasteiger partial charge in [0.1, 0.15) is 12.1 Å². The van der Waals surface area contributed by atoms with Gasteiger partial charge in [-0.25, -0.2) is 9.97 Å². The highest BCUT2D eigenvalue weighted by Gasteiger charge is 2.07. The maximum absolute atomic E-state index is 5.27. The van der Waals surface area contributed by atoms with Crippen LogP contribution in [0.2, 0.25) is 0 Å². The SMILES string of the molecule is CNc1cc(-c2ccc(OC)c(OC)c2)ncn1. The van der Waals surface area contributed by atoms with Crippen LogP contribution in [0.5, 0.6) is 11.5 Å². The summed E-state index contributed by atoms with van der Waals surface area (Å²) in [7, 11) is 5.04.